The summed E-state index contributed by atoms with van der Waals surface area (Å²) < 4.78 is 27.8. The van der Waals surface area contributed by atoms with E-state index in [-0.39, 0.29) is 10.9 Å². The Bertz CT molecular complexity index is 684. The Morgan fingerprint density at radius 3 is 2.29 bits per heavy atom. The van der Waals surface area contributed by atoms with Crippen LogP contribution in [0.5, 0.6) is 0 Å². The molecule has 1 atom stereocenters. The molecule has 0 aliphatic carbocycles. The number of para-hydroxylation sites is 1. The fraction of sp³-hybridized carbons (Fsp3) is 0.250. The first-order valence-corrected chi connectivity index (χ1v) is 8.43. The molecular weight excluding hydrogens is 284 g/mol. The predicted octanol–water partition coefficient (Wildman–Crippen LogP) is 3.16. The van der Waals surface area contributed by atoms with Crippen molar-refractivity contribution in [1.82, 2.24) is 4.72 Å². The van der Waals surface area contributed by atoms with Gasteiger partial charge in [0.1, 0.15) is 4.90 Å². The lowest BCUT2D eigenvalue weighted by Crippen LogP contribution is -2.27. The molecule has 0 aliphatic heterocycles. The third-order valence-corrected chi connectivity index (χ3v) is 4.77. The fourth-order valence-electron chi connectivity index (χ4n) is 2.14. The maximum absolute atomic E-state index is 12.6. The van der Waals surface area contributed by atoms with Crippen molar-refractivity contribution in [2.75, 3.05) is 11.9 Å². The molecule has 2 N–H and O–H groups in total. The average molecular weight is 304 g/mol. The summed E-state index contributed by atoms with van der Waals surface area (Å²) in [6, 6.07) is 16.1. The molecule has 0 bridgehead atoms. The van der Waals surface area contributed by atoms with E-state index in [2.05, 4.69) is 10.0 Å². The molecule has 0 spiro atoms. The highest BCUT2D eigenvalue weighted by Crippen LogP contribution is 2.23. The molecule has 1 unspecified atom stereocenters. The van der Waals surface area contributed by atoms with Crippen molar-refractivity contribution in [2.45, 2.75) is 24.8 Å². The fourth-order valence-corrected chi connectivity index (χ4v) is 3.56. The van der Waals surface area contributed by atoms with Crippen LogP contribution in [0.2, 0.25) is 0 Å². The van der Waals surface area contributed by atoms with Crippen molar-refractivity contribution >= 4 is 15.7 Å². The largest absolute Gasteiger partial charge is 0.384 e. The van der Waals surface area contributed by atoms with Crippen LogP contribution in [0.1, 0.15) is 25.5 Å². The van der Waals surface area contributed by atoms with Gasteiger partial charge in [-0.15, -0.1) is 0 Å². The van der Waals surface area contributed by atoms with Gasteiger partial charge in [-0.25, -0.2) is 13.1 Å². The third kappa shape index (κ3) is 3.83. The molecule has 0 radical (unpaired) electrons. The summed E-state index contributed by atoms with van der Waals surface area (Å²) in [7, 11) is -3.57. The van der Waals surface area contributed by atoms with Crippen molar-refractivity contribution in [1.29, 1.82) is 0 Å². The third-order valence-electron chi connectivity index (χ3n) is 3.18. The Kier molecular flexibility index (Phi) is 4.98. The lowest BCUT2D eigenvalue weighted by atomic mass is 10.1. The molecule has 0 aliphatic rings. The van der Waals surface area contributed by atoms with Gasteiger partial charge in [-0.2, -0.15) is 0 Å². The zero-order chi connectivity index (χ0) is 15.3. The maximum Gasteiger partial charge on any atom is 0.243 e. The summed E-state index contributed by atoms with van der Waals surface area (Å²) in [6.45, 7) is 4.44. The first-order chi connectivity index (χ1) is 10.0. The molecule has 0 saturated heterocycles. The highest BCUT2D eigenvalue weighted by atomic mass is 32.2. The molecule has 2 aromatic rings. The van der Waals surface area contributed by atoms with Gasteiger partial charge < -0.3 is 5.32 Å². The second kappa shape index (κ2) is 6.74. The van der Waals surface area contributed by atoms with Crippen LogP contribution in [0.25, 0.3) is 0 Å². The molecule has 0 amide bonds. The average Bonchev–Trinajstić information content (AvgIpc) is 2.48. The second-order valence-electron chi connectivity index (χ2n) is 4.78. The van der Waals surface area contributed by atoms with Gasteiger partial charge in [0.25, 0.3) is 0 Å². The zero-order valence-electron chi connectivity index (χ0n) is 12.2. The smallest absolute Gasteiger partial charge is 0.243 e. The van der Waals surface area contributed by atoms with E-state index in [1.165, 1.54) is 0 Å². The number of benzene rings is 2. The summed E-state index contributed by atoms with van der Waals surface area (Å²) in [4.78, 5) is 0.273. The van der Waals surface area contributed by atoms with Crippen LogP contribution >= 0.6 is 0 Å². The molecule has 4 nitrogen and oxygen atoms in total. The number of sulfonamides is 1. The Morgan fingerprint density at radius 2 is 1.62 bits per heavy atom. The van der Waals surface area contributed by atoms with Crippen LogP contribution < -0.4 is 10.0 Å². The molecule has 0 saturated carbocycles. The molecule has 0 aromatic heterocycles. The minimum Gasteiger partial charge on any atom is -0.384 e. The topological polar surface area (TPSA) is 58.2 Å². The Balaban J connectivity index is 2.27. The number of hydrogen-bond donors (Lipinski definition) is 2. The molecular formula is C16H20N2O2S. The van der Waals surface area contributed by atoms with Gasteiger partial charge >= 0.3 is 0 Å². The van der Waals surface area contributed by atoms with Crippen LogP contribution in [0.4, 0.5) is 5.69 Å². The van der Waals surface area contributed by atoms with E-state index in [1.54, 1.807) is 18.2 Å². The Labute approximate surface area is 126 Å². The number of rotatable bonds is 6. The minimum absolute atomic E-state index is 0.273. The van der Waals surface area contributed by atoms with E-state index in [1.807, 2.05) is 50.2 Å². The lowest BCUT2D eigenvalue weighted by molar-refractivity contribution is 0.567. The molecule has 2 aromatic carbocycles. The van der Waals surface area contributed by atoms with Crippen molar-refractivity contribution < 1.29 is 8.42 Å². The first kappa shape index (κ1) is 15.5. The monoisotopic (exact) mass is 304 g/mol. The maximum atomic E-state index is 12.6. The van der Waals surface area contributed by atoms with Gasteiger partial charge in [0, 0.05) is 12.6 Å². The Morgan fingerprint density at radius 1 is 1.00 bits per heavy atom. The van der Waals surface area contributed by atoms with Gasteiger partial charge in [0.05, 0.1) is 5.69 Å². The van der Waals surface area contributed by atoms with Gasteiger partial charge in [-0.05, 0) is 31.5 Å². The second-order valence-corrected chi connectivity index (χ2v) is 6.46. The Hall–Kier alpha value is -1.85. The number of nitrogens with one attached hydrogen (secondary N) is 2. The number of anilines is 1. The highest BCUT2D eigenvalue weighted by molar-refractivity contribution is 7.89. The highest BCUT2D eigenvalue weighted by Gasteiger charge is 2.21. The van der Waals surface area contributed by atoms with E-state index in [0.29, 0.717) is 12.2 Å². The summed E-state index contributed by atoms with van der Waals surface area (Å²) in [5.41, 5.74) is 1.55. The lowest BCUT2D eigenvalue weighted by Gasteiger charge is -2.17. The standard InChI is InChI=1S/C16H20N2O2S/c1-3-17-15-11-7-8-12-16(15)21(19,20)18-13(2)14-9-5-4-6-10-14/h4-13,17-18H,3H2,1-2H3. The van der Waals surface area contributed by atoms with Crippen LogP contribution in [0.3, 0.4) is 0 Å². The predicted molar refractivity (Wildman–Crippen MR) is 85.8 cm³/mol. The number of hydrogen-bond acceptors (Lipinski definition) is 3. The van der Waals surface area contributed by atoms with Crippen molar-refractivity contribution in [3.8, 4) is 0 Å². The summed E-state index contributed by atoms with van der Waals surface area (Å²) in [5, 5.41) is 3.08. The molecule has 112 valence electrons. The minimum atomic E-state index is -3.57. The van der Waals surface area contributed by atoms with Gasteiger partial charge in [0.15, 0.2) is 0 Å². The van der Waals surface area contributed by atoms with E-state index >= 15 is 0 Å². The molecule has 0 fully saturated rings. The molecule has 5 heteroatoms. The molecule has 21 heavy (non-hydrogen) atoms. The van der Waals surface area contributed by atoms with E-state index in [4.69, 9.17) is 0 Å². The molecule has 2 rings (SSSR count). The van der Waals surface area contributed by atoms with Crippen molar-refractivity contribution in [3.05, 3.63) is 60.2 Å². The van der Waals surface area contributed by atoms with Gasteiger partial charge in [-0.3, -0.25) is 0 Å². The summed E-state index contributed by atoms with van der Waals surface area (Å²) >= 11 is 0. The van der Waals surface area contributed by atoms with E-state index < -0.39 is 10.0 Å². The molecule has 0 heterocycles. The van der Waals surface area contributed by atoms with Gasteiger partial charge in [0.2, 0.25) is 10.0 Å². The van der Waals surface area contributed by atoms with Crippen LogP contribution in [0, 0.1) is 0 Å². The summed E-state index contributed by atoms with van der Waals surface area (Å²) in [6.07, 6.45) is 0. The van der Waals surface area contributed by atoms with Gasteiger partial charge in [-0.1, -0.05) is 42.5 Å². The summed E-state index contributed by atoms with van der Waals surface area (Å²) in [5.74, 6) is 0. The van der Waals surface area contributed by atoms with E-state index in [9.17, 15) is 8.42 Å². The van der Waals surface area contributed by atoms with Crippen molar-refractivity contribution in [3.63, 3.8) is 0 Å². The van der Waals surface area contributed by atoms with Crippen LogP contribution in [0.15, 0.2) is 59.5 Å². The SMILES string of the molecule is CCNc1ccccc1S(=O)(=O)NC(C)c1ccccc1. The van der Waals surface area contributed by atoms with Crippen LogP contribution in [-0.2, 0) is 10.0 Å². The van der Waals surface area contributed by atoms with E-state index in [0.717, 1.165) is 5.56 Å². The van der Waals surface area contributed by atoms with Crippen LogP contribution in [-0.4, -0.2) is 15.0 Å². The zero-order valence-corrected chi connectivity index (χ0v) is 13.0. The van der Waals surface area contributed by atoms with Crippen molar-refractivity contribution in [2.24, 2.45) is 0 Å². The normalized spacial score (nSPS) is 12.9. The first-order valence-electron chi connectivity index (χ1n) is 6.94. The quantitative estimate of drug-likeness (QED) is 0.862.